The van der Waals surface area contributed by atoms with Crippen LogP contribution in [0.1, 0.15) is 62.4 Å². The van der Waals surface area contributed by atoms with Crippen molar-refractivity contribution < 1.29 is 14.7 Å². The van der Waals surface area contributed by atoms with Gasteiger partial charge in [-0.3, -0.25) is 14.6 Å². The van der Waals surface area contributed by atoms with Crippen molar-refractivity contribution in [2.45, 2.75) is 65.1 Å². The molecule has 0 saturated heterocycles. The number of carbonyl (C=O) groups excluding carboxylic acids is 2. The lowest BCUT2D eigenvalue weighted by atomic mass is 9.51. The maximum absolute atomic E-state index is 13.3. The molecule has 1 heterocycles. The van der Waals surface area contributed by atoms with Crippen molar-refractivity contribution in [2.24, 2.45) is 29.1 Å². The zero-order valence-electron chi connectivity index (χ0n) is 21.4. The highest BCUT2D eigenvalue weighted by molar-refractivity contribution is 5.94. The van der Waals surface area contributed by atoms with Gasteiger partial charge in [0.05, 0.1) is 6.10 Å². The quantitative estimate of drug-likeness (QED) is 0.650. The molecule has 2 aromatic rings. The summed E-state index contributed by atoms with van der Waals surface area (Å²) in [5.41, 5.74) is 1.72. The highest BCUT2D eigenvalue weighted by Crippen LogP contribution is 2.55. The van der Waals surface area contributed by atoms with Gasteiger partial charge in [-0.05, 0) is 66.5 Å². The summed E-state index contributed by atoms with van der Waals surface area (Å²) < 4.78 is 0. The van der Waals surface area contributed by atoms with Crippen LogP contribution in [-0.2, 0) is 11.3 Å². The van der Waals surface area contributed by atoms with Crippen LogP contribution in [0.3, 0.4) is 0 Å². The molecule has 1 aromatic heterocycles. The summed E-state index contributed by atoms with van der Waals surface area (Å²) in [6, 6.07) is 13.4. The van der Waals surface area contributed by atoms with E-state index in [1.165, 1.54) is 0 Å². The van der Waals surface area contributed by atoms with Gasteiger partial charge in [0.2, 0.25) is 5.91 Å². The van der Waals surface area contributed by atoms with Crippen molar-refractivity contribution in [2.75, 3.05) is 7.05 Å². The highest BCUT2D eigenvalue weighted by Gasteiger charge is 2.54. The summed E-state index contributed by atoms with van der Waals surface area (Å²) in [6.45, 7) is 6.96. The number of carbonyl (C=O) groups is 2. The molecular formula is C29H39N3O3. The van der Waals surface area contributed by atoms with E-state index in [9.17, 15) is 14.7 Å². The van der Waals surface area contributed by atoms with Crippen LogP contribution in [-0.4, -0.2) is 46.0 Å². The summed E-state index contributed by atoms with van der Waals surface area (Å²) in [5, 5.41) is 14.9. The largest absolute Gasteiger partial charge is 0.392 e. The second-order valence-electron chi connectivity index (χ2n) is 11.1. The molecule has 0 radical (unpaired) electrons. The Morgan fingerprint density at radius 1 is 1.14 bits per heavy atom. The second kappa shape index (κ2) is 10.5. The smallest absolute Gasteiger partial charge is 0.251 e. The van der Waals surface area contributed by atoms with E-state index >= 15 is 0 Å². The SMILES string of the molecule is C[C@@H]1[C@@H]2[C@@H](O)[C@H]([C@H](C)C(=O)N(C)Cc3ccccc3)CC[C@]2(C)CC[C@@H]1NC(=O)c1ccncc1. The third-order valence-electron chi connectivity index (χ3n) is 8.82. The molecular weight excluding hydrogens is 438 g/mol. The Morgan fingerprint density at radius 2 is 1.80 bits per heavy atom. The fourth-order valence-corrected chi connectivity index (χ4v) is 6.72. The molecule has 4 rings (SSSR count). The molecule has 2 saturated carbocycles. The summed E-state index contributed by atoms with van der Waals surface area (Å²) in [6.07, 6.45) is 6.38. The predicted molar refractivity (Wildman–Crippen MR) is 136 cm³/mol. The lowest BCUT2D eigenvalue weighted by Crippen LogP contribution is -2.58. The van der Waals surface area contributed by atoms with Crippen molar-refractivity contribution in [1.82, 2.24) is 15.2 Å². The minimum atomic E-state index is -0.576. The van der Waals surface area contributed by atoms with Crippen molar-refractivity contribution in [3.8, 4) is 0 Å². The Bertz CT molecular complexity index is 1010. The third kappa shape index (κ3) is 5.27. The molecule has 2 aliphatic rings. The molecule has 2 aliphatic carbocycles. The summed E-state index contributed by atoms with van der Waals surface area (Å²) in [7, 11) is 1.85. The van der Waals surface area contributed by atoms with Crippen molar-refractivity contribution in [3.05, 3.63) is 66.0 Å². The molecule has 35 heavy (non-hydrogen) atoms. The van der Waals surface area contributed by atoms with Gasteiger partial charge in [0.25, 0.3) is 5.91 Å². The number of aliphatic hydroxyl groups is 1. The first kappa shape index (κ1) is 25.4. The average Bonchev–Trinajstić information content (AvgIpc) is 2.86. The first-order chi connectivity index (χ1) is 16.7. The van der Waals surface area contributed by atoms with E-state index in [1.54, 1.807) is 29.4 Å². The van der Waals surface area contributed by atoms with E-state index in [1.807, 2.05) is 44.3 Å². The number of nitrogens with zero attached hydrogens (tertiary/aromatic N) is 2. The van der Waals surface area contributed by atoms with E-state index < -0.39 is 6.10 Å². The number of aliphatic hydroxyl groups excluding tert-OH is 1. The number of amides is 2. The number of aromatic nitrogens is 1. The van der Waals surface area contributed by atoms with Gasteiger partial charge >= 0.3 is 0 Å². The number of benzene rings is 1. The normalized spacial score (nSPS) is 31.2. The Kier molecular flexibility index (Phi) is 7.60. The van der Waals surface area contributed by atoms with Crippen LogP contribution in [0.25, 0.3) is 0 Å². The molecule has 7 atom stereocenters. The average molecular weight is 478 g/mol. The first-order valence-electron chi connectivity index (χ1n) is 12.9. The van der Waals surface area contributed by atoms with Gasteiger partial charge in [-0.2, -0.15) is 0 Å². The van der Waals surface area contributed by atoms with E-state index in [4.69, 9.17) is 0 Å². The van der Waals surface area contributed by atoms with Gasteiger partial charge in [-0.1, -0.05) is 51.1 Å². The number of rotatable bonds is 6. The molecule has 0 bridgehead atoms. The maximum atomic E-state index is 13.3. The number of nitrogens with one attached hydrogen (secondary N) is 1. The molecule has 0 unspecified atom stereocenters. The highest BCUT2D eigenvalue weighted by atomic mass is 16.3. The number of pyridine rings is 1. The van der Waals surface area contributed by atoms with Crippen molar-refractivity contribution in [3.63, 3.8) is 0 Å². The van der Waals surface area contributed by atoms with E-state index in [0.29, 0.717) is 12.1 Å². The minimum absolute atomic E-state index is 0.00565. The minimum Gasteiger partial charge on any atom is -0.392 e. The van der Waals surface area contributed by atoms with Gasteiger partial charge in [-0.15, -0.1) is 0 Å². The van der Waals surface area contributed by atoms with Crippen molar-refractivity contribution in [1.29, 1.82) is 0 Å². The summed E-state index contributed by atoms with van der Waals surface area (Å²) in [4.78, 5) is 31.9. The molecule has 2 fully saturated rings. The maximum Gasteiger partial charge on any atom is 0.251 e. The Balaban J connectivity index is 1.45. The zero-order valence-corrected chi connectivity index (χ0v) is 21.4. The third-order valence-corrected chi connectivity index (χ3v) is 8.82. The fraction of sp³-hybridized carbons (Fsp3) is 0.552. The van der Waals surface area contributed by atoms with Crippen LogP contribution in [0, 0.1) is 29.1 Å². The van der Waals surface area contributed by atoms with Crippen LogP contribution in [0.2, 0.25) is 0 Å². The topological polar surface area (TPSA) is 82.5 Å². The molecule has 6 heteroatoms. The Labute approximate surface area is 209 Å². The summed E-state index contributed by atoms with van der Waals surface area (Å²) >= 11 is 0. The Morgan fingerprint density at radius 3 is 2.49 bits per heavy atom. The first-order valence-corrected chi connectivity index (χ1v) is 12.9. The molecule has 6 nitrogen and oxygen atoms in total. The lowest BCUT2D eigenvalue weighted by Gasteiger charge is -2.56. The van der Waals surface area contributed by atoms with Crippen molar-refractivity contribution >= 4 is 11.8 Å². The molecule has 0 aliphatic heterocycles. The van der Waals surface area contributed by atoms with Crippen LogP contribution < -0.4 is 5.32 Å². The lowest BCUT2D eigenvalue weighted by molar-refractivity contribution is -0.149. The molecule has 2 amide bonds. The van der Waals surface area contributed by atoms with Gasteiger partial charge in [0.1, 0.15) is 0 Å². The molecule has 188 valence electrons. The number of fused-ring (bicyclic) bond motifs is 1. The van der Waals surface area contributed by atoms with Gasteiger partial charge < -0.3 is 15.3 Å². The van der Waals surface area contributed by atoms with Crippen LogP contribution in [0.15, 0.2) is 54.9 Å². The van der Waals surface area contributed by atoms with Crippen LogP contribution >= 0.6 is 0 Å². The van der Waals surface area contributed by atoms with Crippen LogP contribution in [0.5, 0.6) is 0 Å². The van der Waals surface area contributed by atoms with E-state index in [-0.39, 0.29) is 46.9 Å². The summed E-state index contributed by atoms with van der Waals surface area (Å²) in [5.74, 6) is -0.222. The predicted octanol–water partition coefficient (Wildman–Crippen LogP) is 4.30. The zero-order chi connectivity index (χ0) is 25.2. The molecule has 2 N–H and O–H groups in total. The second-order valence-corrected chi connectivity index (χ2v) is 11.1. The standard InChI is InChI=1S/C29H39N3O3/c1-19(28(35)32(4)18-21-8-6-5-7-9-21)23-10-14-29(3)15-11-24(20(2)25(29)26(23)33)31-27(34)22-12-16-30-17-13-22/h5-9,12-13,16-17,19-20,23-26,33H,10-11,14-15,18H2,1-4H3,(H,31,34)/t19-,20-,23-,24-,25+,26-,29+/m0/s1. The van der Waals surface area contributed by atoms with Crippen LogP contribution in [0.4, 0.5) is 0 Å². The monoisotopic (exact) mass is 477 g/mol. The number of hydrogen-bond acceptors (Lipinski definition) is 4. The van der Waals surface area contributed by atoms with E-state index in [0.717, 1.165) is 31.2 Å². The fourth-order valence-electron chi connectivity index (χ4n) is 6.72. The van der Waals surface area contributed by atoms with Gasteiger partial charge in [0.15, 0.2) is 0 Å². The van der Waals surface area contributed by atoms with E-state index in [2.05, 4.69) is 24.1 Å². The molecule has 1 aromatic carbocycles. The number of hydrogen-bond donors (Lipinski definition) is 2. The van der Waals surface area contributed by atoms with Gasteiger partial charge in [0, 0.05) is 43.5 Å². The Hall–Kier alpha value is -2.73. The molecule has 0 spiro atoms. The van der Waals surface area contributed by atoms with Gasteiger partial charge in [-0.25, -0.2) is 0 Å².